The zero-order chi connectivity index (χ0) is 12.3. The molecule has 86 valence electrons. The van der Waals surface area contributed by atoms with Gasteiger partial charge >= 0.3 is 0 Å². The van der Waals surface area contributed by atoms with Gasteiger partial charge in [-0.05, 0) is 23.6 Å². The van der Waals surface area contributed by atoms with Gasteiger partial charge in [-0.3, -0.25) is 15.4 Å². The van der Waals surface area contributed by atoms with Crippen LogP contribution in [0.3, 0.4) is 0 Å². The van der Waals surface area contributed by atoms with E-state index < -0.39 is 5.91 Å². The van der Waals surface area contributed by atoms with Gasteiger partial charge in [-0.1, -0.05) is 18.2 Å². The number of thiophene rings is 1. The molecule has 0 aromatic carbocycles. The first-order chi connectivity index (χ1) is 8.22. The van der Waals surface area contributed by atoms with Gasteiger partial charge in [-0.25, -0.2) is 5.48 Å². The van der Waals surface area contributed by atoms with Gasteiger partial charge in [0.1, 0.15) is 0 Å². The molecule has 0 fully saturated rings. The average Bonchev–Trinajstić information content (AvgIpc) is 2.84. The zero-order valence-electron chi connectivity index (χ0n) is 8.81. The van der Waals surface area contributed by atoms with E-state index in [1.54, 1.807) is 23.5 Å². The van der Waals surface area contributed by atoms with Crippen LogP contribution in [-0.4, -0.2) is 16.8 Å². The third kappa shape index (κ3) is 2.41. The quantitative estimate of drug-likeness (QED) is 0.552. The molecule has 0 spiro atoms. The summed E-state index contributed by atoms with van der Waals surface area (Å²) in [5.41, 5.74) is 2.44. The third-order valence-electron chi connectivity index (χ3n) is 2.28. The van der Waals surface area contributed by atoms with Crippen molar-refractivity contribution < 1.29 is 10.0 Å². The molecule has 0 aliphatic heterocycles. The van der Waals surface area contributed by atoms with Crippen LogP contribution in [0.15, 0.2) is 46.9 Å². The van der Waals surface area contributed by atoms with Crippen LogP contribution in [-0.2, 0) is 4.79 Å². The lowest BCUT2D eigenvalue weighted by Crippen LogP contribution is -2.26. The summed E-state index contributed by atoms with van der Waals surface area (Å²) in [6.45, 7) is 0. The molecule has 0 radical (unpaired) electrons. The number of nitrogens with one attached hydrogen (secondary N) is 2. The number of hydrogen-bond donors (Lipinski definition) is 3. The maximum atomic E-state index is 11.3. The highest BCUT2D eigenvalue weighted by Crippen LogP contribution is 2.20. The van der Waals surface area contributed by atoms with E-state index in [0.29, 0.717) is 5.57 Å². The lowest BCUT2D eigenvalue weighted by Gasteiger charge is -2.11. The average molecular weight is 246 g/mol. The van der Waals surface area contributed by atoms with Crippen LogP contribution in [0.4, 0.5) is 0 Å². The molecule has 0 saturated heterocycles. The van der Waals surface area contributed by atoms with Gasteiger partial charge in [0.15, 0.2) is 0 Å². The van der Waals surface area contributed by atoms with Crippen molar-refractivity contribution in [1.29, 1.82) is 5.41 Å². The number of allylic oxidation sites excluding steroid dienone is 4. The van der Waals surface area contributed by atoms with Crippen molar-refractivity contribution in [2.75, 3.05) is 0 Å². The number of hydroxylamine groups is 1. The van der Waals surface area contributed by atoms with E-state index >= 15 is 0 Å². The minimum absolute atomic E-state index is 0.104. The van der Waals surface area contributed by atoms with E-state index in [1.807, 2.05) is 23.6 Å². The zero-order valence-corrected chi connectivity index (χ0v) is 9.62. The normalized spacial score (nSPS) is 17.1. The molecule has 0 unspecified atom stereocenters. The van der Waals surface area contributed by atoms with E-state index in [1.165, 1.54) is 11.6 Å². The number of carbonyl (C=O) groups is 1. The van der Waals surface area contributed by atoms with E-state index in [9.17, 15) is 4.79 Å². The Morgan fingerprint density at radius 2 is 2.35 bits per heavy atom. The summed E-state index contributed by atoms with van der Waals surface area (Å²) < 4.78 is 0. The van der Waals surface area contributed by atoms with Crippen LogP contribution in [0.25, 0.3) is 6.08 Å². The van der Waals surface area contributed by atoms with Gasteiger partial charge in [-0.2, -0.15) is 0 Å². The second-order valence-electron chi connectivity index (χ2n) is 3.37. The Bertz CT molecular complexity index is 539. The predicted molar refractivity (Wildman–Crippen MR) is 67.2 cm³/mol. The van der Waals surface area contributed by atoms with E-state index in [-0.39, 0.29) is 11.3 Å². The fourth-order valence-electron chi connectivity index (χ4n) is 1.47. The maximum Gasteiger partial charge on any atom is 0.276 e. The van der Waals surface area contributed by atoms with Gasteiger partial charge in [-0.15, -0.1) is 11.3 Å². The molecule has 3 N–H and O–H groups in total. The Hall–Kier alpha value is -1.98. The first kappa shape index (κ1) is 11.5. The van der Waals surface area contributed by atoms with Crippen molar-refractivity contribution in [2.24, 2.45) is 0 Å². The van der Waals surface area contributed by atoms with E-state index in [2.05, 4.69) is 0 Å². The molecule has 0 saturated carbocycles. The summed E-state index contributed by atoms with van der Waals surface area (Å²) in [7, 11) is 0. The van der Waals surface area contributed by atoms with Crippen LogP contribution >= 0.6 is 11.3 Å². The Labute approximate surface area is 102 Å². The highest BCUT2D eigenvalue weighted by molar-refractivity contribution is 7.10. The minimum Gasteiger partial charge on any atom is -0.299 e. The molecule has 5 heteroatoms. The Kier molecular flexibility index (Phi) is 3.32. The number of hydrogen-bond acceptors (Lipinski definition) is 4. The topological polar surface area (TPSA) is 73.2 Å². The molecular formula is C12H10N2O2S. The standard InChI is InChI=1S/C12H10N2O2S/c13-11-8(7-9-4-2-6-17-9)3-1-5-10(11)12(15)14-16/h1-7,13,16H,(H,14,15). The number of rotatable bonds is 2. The van der Waals surface area contributed by atoms with Crippen LogP contribution in [0, 0.1) is 5.41 Å². The van der Waals surface area contributed by atoms with Crippen molar-refractivity contribution >= 4 is 29.0 Å². The first-order valence-electron chi connectivity index (χ1n) is 4.89. The lowest BCUT2D eigenvalue weighted by atomic mass is 9.96. The lowest BCUT2D eigenvalue weighted by molar-refractivity contribution is -0.124. The summed E-state index contributed by atoms with van der Waals surface area (Å²) in [4.78, 5) is 12.3. The van der Waals surface area contributed by atoms with Crippen molar-refractivity contribution in [2.45, 2.75) is 0 Å². The van der Waals surface area contributed by atoms with Crippen molar-refractivity contribution in [3.63, 3.8) is 0 Å². The smallest absolute Gasteiger partial charge is 0.276 e. The summed E-state index contributed by atoms with van der Waals surface area (Å²) in [6.07, 6.45) is 6.78. The summed E-state index contributed by atoms with van der Waals surface area (Å²) >= 11 is 1.56. The molecule has 17 heavy (non-hydrogen) atoms. The largest absolute Gasteiger partial charge is 0.299 e. The summed E-state index contributed by atoms with van der Waals surface area (Å²) in [5.74, 6) is -0.670. The fourth-order valence-corrected chi connectivity index (χ4v) is 2.13. The molecule has 1 aromatic heterocycles. The molecule has 2 rings (SSSR count). The predicted octanol–water partition coefficient (Wildman–Crippen LogP) is 2.15. The Morgan fingerprint density at radius 3 is 3.00 bits per heavy atom. The van der Waals surface area contributed by atoms with Gasteiger partial charge in [0.2, 0.25) is 0 Å². The molecule has 1 amide bonds. The molecular weight excluding hydrogens is 236 g/mol. The highest BCUT2D eigenvalue weighted by Gasteiger charge is 2.18. The third-order valence-corrected chi connectivity index (χ3v) is 3.10. The minimum atomic E-state index is -0.670. The van der Waals surface area contributed by atoms with Crippen LogP contribution < -0.4 is 5.48 Å². The monoisotopic (exact) mass is 246 g/mol. The van der Waals surface area contributed by atoms with Crippen molar-refractivity contribution in [1.82, 2.24) is 5.48 Å². The van der Waals surface area contributed by atoms with Crippen LogP contribution in [0.2, 0.25) is 0 Å². The second-order valence-corrected chi connectivity index (χ2v) is 4.35. The highest BCUT2D eigenvalue weighted by atomic mass is 32.1. The van der Waals surface area contributed by atoms with Crippen LogP contribution in [0.1, 0.15) is 4.88 Å². The summed E-state index contributed by atoms with van der Waals surface area (Å²) in [5, 5.41) is 18.4. The molecule has 1 aliphatic carbocycles. The molecule has 1 heterocycles. The molecule has 4 nitrogen and oxygen atoms in total. The fraction of sp³-hybridized carbons (Fsp3) is 0. The van der Waals surface area contributed by atoms with Gasteiger partial charge in [0, 0.05) is 10.5 Å². The summed E-state index contributed by atoms with van der Waals surface area (Å²) in [6, 6.07) is 3.85. The second kappa shape index (κ2) is 4.90. The molecule has 0 bridgehead atoms. The molecule has 1 aliphatic rings. The maximum absolute atomic E-state index is 11.3. The van der Waals surface area contributed by atoms with E-state index in [4.69, 9.17) is 10.6 Å². The van der Waals surface area contributed by atoms with Gasteiger partial charge in [0.05, 0.1) is 11.3 Å². The van der Waals surface area contributed by atoms with Crippen LogP contribution in [0.5, 0.6) is 0 Å². The first-order valence-corrected chi connectivity index (χ1v) is 5.77. The van der Waals surface area contributed by atoms with Crippen molar-refractivity contribution in [3.8, 4) is 0 Å². The Morgan fingerprint density at radius 1 is 1.53 bits per heavy atom. The van der Waals surface area contributed by atoms with Gasteiger partial charge < -0.3 is 0 Å². The number of amides is 1. The molecule has 0 atom stereocenters. The SMILES string of the molecule is N=C1C(=Cc2cccs2)C=CC=C1C(=O)NO. The van der Waals surface area contributed by atoms with Crippen molar-refractivity contribution in [3.05, 3.63) is 51.8 Å². The van der Waals surface area contributed by atoms with Gasteiger partial charge in [0.25, 0.3) is 5.91 Å². The number of carbonyl (C=O) groups excluding carboxylic acids is 1. The molecule has 1 aromatic rings. The van der Waals surface area contributed by atoms with E-state index in [0.717, 1.165) is 4.88 Å². The Balaban J connectivity index is 2.30.